The van der Waals surface area contributed by atoms with Crippen molar-refractivity contribution in [3.8, 4) is 0 Å². The fraction of sp³-hybridized carbons (Fsp3) is 0.682. The second kappa shape index (κ2) is 8.48. The fourth-order valence-electron chi connectivity index (χ4n) is 5.62. The first-order valence-electron chi connectivity index (χ1n) is 11.3. The monoisotopic (exact) mass is 398 g/mol. The highest BCUT2D eigenvalue weighted by atomic mass is 19.1. The molecule has 0 amide bonds. The van der Waals surface area contributed by atoms with Crippen LogP contribution in [0, 0.1) is 5.82 Å². The van der Waals surface area contributed by atoms with Gasteiger partial charge in [-0.15, -0.1) is 5.10 Å². The first kappa shape index (κ1) is 19.1. The Kier molecular flexibility index (Phi) is 5.59. The van der Waals surface area contributed by atoms with Gasteiger partial charge in [0.25, 0.3) is 0 Å². The van der Waals surface area contributed by atoms with E-state index in [9.17, 15) is 4.39 Å². The predicted molar refractivity (Wildman–Crippen MR) is 109 cm³/mol. The van der Waals surface area contributed by atoms with E-state index in [0.717, 1.165) is 50.9 Å². The van der Waals surface area contributed by atoms with Crippen molar-refractivity contribution in [3.63, 3.8) is 0 Å². The first-order chi connectivity index (χ1) is 14.3. The highest BCUT2D eigenvalue weighted by molar-refractivity contribution is 5.27. The minimum atomic E-state index is -0.225. The molecule has 1 aromatic carbocycles. The molecule has 0 unspecified atom stereocenters. The minimum absolute atomic E-state index is 0.170. The Bertz CT molecular complexity index is 803. The number of halogens is 1. The van der Waals surface area contributed by atoms with Crippen molar-refractivity contribution in [2.24, 2.45) is 0 Å². The Balaban J connectivity index is 1.43. The van der Waals surface area contributed by atoms with Gasteiger partial charge in [0.05, 0.1) is 6.04 Å². The van der Waals surface area contributed by atoms with Gasteiger partial charge in [-0.05, 0) is 42.2 Å². The number of nitrogens with zero attached hydrogens (tertiary/aromatic N) is 6. The summed E-state index contributed by atoms with van der Waals surface area (Å²) in [6.45, 7) is 3.93. The van der Waals surface area contributed by atoms with Gasteiger partial charge < -0.3 is 0 Å². The molecule has 2 aliphatic carbocycles. The number of piperazine rings is 1. The molecule has 2 saturated carbocycles. The second-order valence-electron chi connectivity index (χ2n) is 8.85. The molecule has 2 aromatic rings. The molecule has 29 heavy (non-hydrogen) atoms. The van der Waals surface area contributed by atoms with E-state index in [1.807, 2.05) is 16.8 Å². The van der Waals surface area contributed by atoms with Crippen LogP contribution in [0.3, 0.4) is 0 Å². The molecular formula is C22H31FN6. The maximum atomic E-state index is 14.9. The quantitative estimate of drug-likeness (QED) is 0.771. The molecule has 1 aromatic heterocycles. The molecule has 3 aliphatic rings. The van der Waals surface area contributed by atoms with Crippen LogP contribution in [0.25, 0.3) is 0 Å². The van der Waals surface area contributed by atoms with Gasteiger partial charge in [-0.1, -0.05) is 43.9 Å². The number of hydrogen-bond acceptors (Lipinski definition) is 5. The third kappa shape index (κ3) is 3.82. The van der Waals surface area contributed by atoms with Gasteiger partial charge in [-0.2, -0.15) is 0 Å². The van der Waals surface area contributed by atoms with Gasteiger partial charge in [-0.3, -0.25) is 9.80 Å². The highest BCUT2D eigenvalue weighted by Gasteiger charge is 2.35. The summed E-state index contributed by atoms with van der Waals surface area (Å²) in [6, 6.07) is 8.00. The van der Waals surface area contributed by atoms with Crippen molar-refractivity contribution in [1.82, 2.24) is 30.0 Å². The van der Waals surface area contributed by atoms with Crippen LogP contribution in [0.15, 0.2) is 24.3 Å². The van der Waals surface area contributed by atoms with Crippen LogP contribution in [-0.2, 0) is 0 Å². The molecule has 0 bridgehead atoms. The SMILES string of the molecule is Fc1ccccc1[C@@H](c1nnnn1C1CCCC1)N1CCN(C2CCCC2)CC1. The number of tetrazole rings is 1. The molecule has 0 radical (unpaired) electrons. The van der Waals surface area contributed by atoms with Crippen molar-refractivity contribution in [2.45, 2.75) is 69.5 Å². The van der Waals surface area contributed by atoms with Crippen LogP contribution < -0.4 is 0 Å². The van der Waals surface area contributed by atoms with E-state index in [2.05, 4.69) is 25.3 Å². The normalized spacial score (nSPS) is 23.8. The fourth-order valence-corrected chi connectivity index (χ4v) is 5.62. The van der Waals surface area contributed by atoms with Gasteiger partial charge in [-0.25, -0.2) is 9.07 Å². The average Bonchev–Trinajstić information content (AvgIpc) is 3.52. The van der Waals surface area contributed by atoms with Crippen LogP contribution >= 0.6 is 0 Å². The summed E-state index contributed by atoms with van der Waals surface area (Å²) in [5, 5.41) is 12.8. The average molecular weight is 399 g/mol. The molecule has 7 heteroatoms. The number of aromatic nitrogens is 4. The Labute approximate surface area is 172 Å². The molecule has 3 fully saturated rings. The van der Waals surface area contributed by atoms with Crippen LogP contribution in [0.5, 0.6) is 0 Å². The topological polar surface area (TPSA) is 50.1 Å². The predicted octanol–water partition coefficient (Wildman–Crippen LogP) is 3.58. The maximum absolute atomic E-state index is 14.9. The zero-order chi connectivity index (χ0) is 19.6. The van der Waals surface area contributed by atoms with Crippen molar-refractivity contribution < 1.29 is 4.39 Å². The summed E-state index contributed by atoms with van der Waals surface area (Å²) in [4.78, 5) is 5.03. The molecule has 5 rings (SSSR count). The summed E-state index contributed by atoms with van der Waals surface area (Å²) < 4.78 is 16.9. The molecule has 1 atom stereocenters. The lowest BCUT2D eigenvalue weighted by Crippen LogP contribution is -2.51. The lowest BCUT2D eigenvalue weighted by Gasteiger charge is -2.41. The molecule has 2 heterocycles. The number of benzene rings is 1. The van der Waals surface area contributed by atoms with Crippen molar-refractivity contribution in [3.05, 3.63) is 41.5 Å². The Hall–Kier alpha value is -1.86. The smallest absolute Gasteiger partial charge is 0.173 e. The third-order valence-corrected chi connectivity index (χ3v) is 7.19. The number of rotatable bonds is 5. The molecule has 6 nitrogen and oxygen atoms in total. The molecule has 0 N–H and O–H groups in total. The summed E-state index contributed by atoms with van der Waals surface area (Å²) in [6.07, 6.45) is 10.0. The lowest BCUT2D eigenvalue weighted by atomic mass is 10.0. The van der Waals surface area contributed by atoms with Gasteiger partial charge >= 0.3 is 0 Å². The van der Waals surface area contributed by atoms with Crippen molar-refractivity contribution in [1.29, 1.82) is 0 Å². The first-order valence-corrected chi connectivity index (χ1v) is 11.3. The van der Waals surface area contributed by atoms with Crippen molar-refractivity contribution in [2.75, 3.05) is 26.2 Å². The summed E-state index contributed by atoms with van der Waals surface area (Å²) >= 11 is 0. The minimum Gasteiger partial charge on any atom is -0.298 e. The van der Waals surface area contributed by atoms with E-state index in [-0.39, 0.29) is 11.9 Å². The third-order valence-electron chi connectivity index (χ3n) is 7.19. The largest absolute Gasteiger partial charge is 0.298 e. The zero-order valence-corrected chi connectivity index (χ0v) is 17.1. The highest BCUT2D eigenvalue weighted by Crippen LogP contribution is 2.35. The molecule has 1 saturated heterocycles. The van der Waals surface area contributed by atoms with Crippen LogP contribution in [0.1, 0.15) is 74.8 Å². The summed E-state index contributed by atoms with van der Waals surface area (Å²) in [7, 11) is 0. The summed E-state index contributed by atoms with van der Waals surface area (Å²) in [5.41, 5.74) is 0.691. The van der Waals surface area contributed by atoms with E-state index in [1.165, 1.54) is 38.5 Å². The maximum Gasteiger partial charge on any atom is 0.173 e. The van der Waals surface area contributed by atoms with Gasteiger partial charge in [0, 0.05) is 37.8 Å². The Morgan fingerprint density at radius 3 is 2.21 bits per heavy atom. The lowest BCUT2D eigenvalue weighted by molar-refractivity contribution is 0.0755. The van der Waals surface area contributed by atoms with E-state index in [4.69, 9.17) is 0 Å². The van der Waals surface area contributed by atoms with E-state index in [0.29, 0.717) is 11.6 Å². The standard InChI is InChI=1S/C22H31FN6/c23-20-12-6-5-11-19(20)21(22-24-25-26-29(22)18-9-3-4-10-18)28-15-13-27(14-16-28)17-7-1-2-8-17/h5-6,11-12,17-18,21H,1-4,7-10,13-16H2/t21-/m0/s1. The Morgan fingerprint density at radius 1 is 0.862 bits per heavy atom. The van der Waals surface area contributed by atoms with Crippen LogP contribution in [0.4, 0.5) is 4.39 Å². The Morgan fingerprint density at radius 2 is 1.52 bits per heavy atom. The van der Waals surface area contributed by atoms with Crippen LogP contribution in [-0.4, -0.2) is 62.2 Å². The molecule has 1 aliphatic heterocycles. The summed E-state index contributed by atoms with van der Waals surface area (Å²) in [5.74, 6) is 0.632. The van der Waals surface area contributed by atoms with Gasteiger partial charge in [0.1, 0.15) is 11.9 Å². The number of hydrogen-bond donors (Lipinski definition) is 0. The van der Waals surface area contributed by atoms with E-state index < -0.39 is 0 Å². The molecule has 156 valence electrons. The zero-order valence-electron chi connectivity index (χ0n) is 17.1. The van der Waals surface area contributed by atoms with E-state index >= 15 is 0 Å². The van der Waals surface area contributed by atoms with Crippen LogP contribution in [0.2, 0.25) is 0 Å². The molecular weight excluding hydrogens is 367 g/mol. The second-order valence-corrected chi connectivity index (χ2v) is 8.85. The van der Waals surface area contributed by atoms with Gasteiger partial charge in [0.2, 0.25) is 0 Å². The van der Waals surface area contributed by atoms with Gasteiger partial charge in [0.15, 0.2) is 5.82 Å². The van der Waals surface area contributed by atoms with Crippen molar-refractivity contribution >= 4 is 0 Å². The molecule has 0 spiro atoms. The van der Waals surface area contributed by atoms with E-state index in [1.54, 1.807) is 12.1 Å².